The normalized spacial score (nSPS) is 16.4. The number of hydrogen-bond donors (Lipinski definition) is 2. The van der Waals surface area contributed by atoms with E-state index in [0.717, 1.165) is 46.0 Å². The number of nitrogens with two attached hydrogens (primary N) is 1. The van der Waals surface area contributed by atoms with Crippen LogP contribution in [0.2, 0.25) is 0 Å². The lowest BCUT2D eigenvalue weighted by Gasteiger charge is -2.23. The summed E-state index contributed by atoms with van der Waals surface area (Å²) in [5.41, 5.74) is 9.08. The van der Waals surface area contributed by atoms with Gasteiger partial charge in [0.05, 0.1) is 16.6 Å². The number of nitrogens with zero attached hydrogens (tertiary/aromatic N) is 1. The van der Waals surface area contributed by atoms with Crippen LogP contribution in [0.15, 0.2) is 54.6 Å². The molecule has 2 unspecified atom stereocenters. The molecule has 1 heterocycles. The van der Waals surface area contributed by atoms with Gasteiger partial charge in [0.1, 0.15) is 10.8 Å². The third-order valence-electron chi connectivity index (χ3n) is 5.01. The molecule has 2 atom stereocenters. The highest BCUT2D eigenvalue weighted by atomic mass is 35.5. The van der Waals surface area contributed by atoms with Crippen molar-refractivity contribution >= 4 is 29.7 Å². The molecule has 152 valence electrons. The van der Waals surface area contributed by atoms with E-state index >= 15 is 0 Å². The molecule has 4 rings (SSSR count). The zero-order valence-corrected chi connectivity index (χ0v) is 17.4. The third-order valence-corrected chi connectivity index (χ3v) is 6.27. The standard InChI is InChI=1S/C22H22FN3OS.ClH/c23-16-11-9-15(10-12-16)22-26-19-8-4-7-18(21(19)28-22)25-20(27)13-17(24)14-5-2-1-3-6-14;/h1-3,5-6,9-12,17-18H,4,7-8,13,24H2,(H,25,27);1H. The van der Waals surface area contributed by atoms with Gasteiger partial charge in [0, 0.05) is 18.0 Å². The Labute approximate surface area is 179 Å². The van der Waals surface area contributed by atoms with Crippen LogP contribution in [0.25, 0.3) is 10.6 Å². The maximum absolute atomic E-state index is 13.2. The molecule has 1 aliphatic carbocycles. The monoisotopic (exact) mass is 431 g/mol. The van der Waals surface area contributed by atoms with E-state index in [1.54, 1.807) is 23.5 Å². The van der Waals surface area contributed by atoms with Crippen LogP contribution < -0.4 is 11.1 Å². The number of amides is 1. The lowest BCUT2D eigenvalue weighted by Crippen LogP contribution is -2.32. The lowest BCUT2D eigenvalue weighted by molar-refractivity contribution is -0.122. The number of aryl methyl sites for hydroxylation is 1. The summed E-state index contributed by atoms with van der Waals surface area (Å²) in [5, 5.41) is 4.01. The maximum atomic E-state index is 13.2. The number of carbonyl (C=O) groups is 1. The third kappa shape index (κ3) is 5.01. The van der Waals surface area contributed by atoms with Gasteiger partial charge in [0.2, 0.25) is 5.91 Å². The van der Waals surface area contributed by atoms with Gasteiger partial charge in [-0.25, -0.2) is 9.37 Å². The highest BCUT2D eigenvalue weighted by molar-refractivity contribution is 7.15. The second-order valence-electron chi connectivity index (χ2n) is 7.07. The van der Waals surface area contributed by atoms with Gasteiger partial charge >= 0.3 is 0 Å². The van der Waals surface area contributed by atoms with Crippen molar-refractivity contribution in [3.8, 4) is 10.6 Å². The zero-order chi connectivity index (χ0) is 19.5. The number of carbonyl (C=O) groups excluding carboxylic acids is 1. The molecule has 1 aliphatic rings. The van der Waals surface area contributed by atoms with Crippen LogP contribution >= 0.6 is 23.7 Å². The molecular formula is C22H23ClFN3OS. The SMILES string of the molecule is Cl.NC(CC(=O)NC1CCCc2nc(-c3ccc(F)cc3)sc21)c1ccccc1. The lowest BCUT2D eigenvalue weighted by atomic mass is 9.97. The minimum absolute atomic E-state index is 0. The van der Waals surface area contributed by atoms with Crippen LogP contribution in [-0.4, -0.2) is 10.9 Å². The number of aromatic nitrogens is 1. The van der Waals surface area contributed by atoms with E-state index in [1.807, 2.05) is 30.3 Å². The van der Waals surface area contributed by atoms with E-state index in [1.165, 1.54) is 12.1 Å². The average molecular weight is 432 g/mol. The van der Waals surface area contributed by atoms with E-state index in [-0.39, 0.29) is 42.6 Å². The zero-order valence-electron chi connectivity index (χ0n) is 15.8. The Kier molecular flexibility index (Phi) is 7.00. The van der Waals surface area contributed by atoms with Crippen molar-refractivity contribution < 1.29 is 9.18 Å². The first-order chi connectivity index (χ1) is 13.6. The molecule has 0 spiro atoms. The van der Waals surface area contributed by atoms with Crippen molar-refractivity contribution in [3.63, 3.8) is 0 Å². The summed E-state index contributed by atoms with van der Waals surface area (Å²) in [4.78, 5) is 18.4. The van der Waals surface area contributed by atoms with Gasteiger partial charge in [0.25, 0.3) is 0 Å². The van der Waals surface area contributed by atoms with E-state index in [0.29, 0.717) is 0 Å². The van der Waals surface area contributed by atoms with E-state index < -0.39 is 0 Å². The Morgan fingerprint density at radius 2 is 1.93 bits per heavy atom. The predicted octanol–water partition coefficient (Wildman–Crippen LogP) is 4.95. The second kappa shape index (κ2) is 9.48. The van der Waals surface area contributed by atoms with Crippen molar-refractivity contribution in [1.82, 2.24) is 10.3 Å². The molecule has 0 fully saturated rings. The predicted molar refractivity (Wildman–Crippen MR) is 117 cm³/mol. The fourth-order valence-electron chi connectivity index (χ4n) is 3.54. The molecule has 1 aromatic heterocycles. The van der Waals surface area contributed by atoms with Crippen LogP contribution in [-0.2, 0) is 11.2 Å². The summed E-state index contributed by atoms with van der Waals surface area (Å²) in [7, 11) is 0. The van der Waals surface area contributed by atoms with Gasteiger partial charge in [-0.1, -0.05) is 30.3 Å². The summed E-state index contributed by atoms with van der Waals surface area (Å²) in [6.07, 6.45) is 3.03. The molecule has 0 saturated heterocycles. The molecule has 2 aromatic carbocycles. The van der Waals surface area contributed by atoms with Crippen LogP contribution in [0.4, 0.5) is 4.39 Å². The van der Waals surface area contributed by atoms with Gasteiger partial charge in [-0.2, -0.15) is 0 Å². The first-order valence-corrected chi connectivity index (χ1v) is 10.3. The molecule has 0 saturated carbocycles. The Morgan fingerprint density at radius 3 is 2.66 bits per heavy atom. The molecule has 0 aliphatic heterocycles. The first kappa shape index (κ1) is 21.4. The number of nitrogens with one attached hydrogen (secondary N) is 1. The minimum Gasteiger partial charge on any atom is -0.348 e. The van der Waals surface area contributed by atoms with E-state index in [9.17, 15) is 9.18 Å². The fraction of sp³-hybridized carbons (Fsp3) is 0.273. The van der Waals surface area contributed by atoms with Crippen molar-refractivity contribution in [2.24, 2.45) is 5.73 Å². The topological polar surface area (TPSA) is 68.0 Å². The molecule has 1 amide bonds. The Balaban J connectivity index is 0.00000240. The minimum atomic E-state index is -0.319. The highest BCUT2D eigenvalue weighted by Gasteiger charge is 2.26. The second-order valence-corrected chi connectivity index (χ2v) is 8.10. The number of rotatable bonds is 5. The molecule has 29 heavy (non-hydrogen) atoms. The summed E-state index contributed by atoms with van der Waals surface area (Å²) in [6.45, 7) is 0. The number of hydrogen-bond acceptors (Lipinski definition) is 4. The number of thiazole rings is 1. The number of benzene rings is 2. The average Bonchev–Trinajstić information content (AvgIpc) is 3.14. The molecule has 3 N–H and O–H groups in total. The van der Waals surface area contributed by atoms with Crippen LogP contribution in [0, 0.1) is 5.82 Å². The van der Waals surface area contributed by atoms with Crippen LogP contribution in [0.3, 0.4) is 0 Å². The smallest absolute Gasteiger partial charge is 0.222 e. The van der Waals surface area contributed by atoms with E-state index in [2.05, 4.69) is 5.32 Å². The summed E-state index contributed by atoms with van der Waals surface area (Å²) in [5.74, 6) is -0.309. The summed E-state index contributed by atoms with van der Waals surface area (Å²) in [6, 6.07) is 15.7. The molecule has 4 nitrogen and oxygen atoms in total. The van der Waals surface area contributed by atoms with Crippen molar-refractivity contribution in [3.05, 3.63) is 76.5 Å². The summed E-state index contributed by atoms with van der Waals surface area (Å²) >= 11 is 1.58. The number of fused-ring (bicyclic) bond motifs is 1. The fourth-order valence-corrected chi connectivity index (χ4v) is 4.75. The maximum Gasteiger partial charge on any atom is 0.222 e. The Hall–Kier alpha value is -2.28. The van der Waals surface area contributed by atoms with Crippen molar-refractivity contribution in [2.75, 3.05) is 0 Å². The van der Waals surface area contributed by atoms with Crippen molar-refractivity contribution in [2.45, 2.75) is 37.8 Å². The van der Waals surface area contributed by atoms with Crippen LogP contribution in [0.5, 0.6) is 0 Å². The molecule has 7 heteroatoms. The molecule has 0 bridgehead atoms. The van der Waals surface area contributed by atoms with Gasteiger partial charge in [-0.15, -0.1) is 23.7 Å². The van der Waals surface area contributed by atoms with Crippen LogP contribution in [0.1, 0.15) is 47.5 Å². The summed E-state index contributed by atoms with van der Waals surface area (Å²) < 4.78 is 13.2. The first-order valence-electron chi connectivity index (χ1n) is 9.45. The largest absolute Gasteiger partial charge is 0.348 e. The van der Waals surface area contributed by atoms with Gasteiger partial charge in [0.15, 0.2) is 0 Å². The van der Waals surface area contributed by atoms with Gasteiger partial charge in [-0.3, -0.25) is 4.79 Å². The van der Waals surface area contributed by atoms with E-state index in [4.69, 9.17) is 10.7 Å². The molecule has 0 radical (unpaired) electrons. The Bertz CT molecular complexity index is 962. The molecular weight excluding hydrogens is 409 g/mol. The molecule has 3 aromatic rings. The number of halogens is 2. The Morgan fingerprint density at radius 1 is 1.21 bits per heavy atom. The van der Waals surface area contributed by atoms with Gasteiger partial charge in [-0.05, 0) is 49.1 Å². The van der Waals surface area contributed by atoms with Crippen molar-refractivity contribution in [1.29, 1.82) is 0 Å². The quantitative estimate of drug-likeness (QED) is 0.600. The van der Waals surface area contributed by atoms with Gasteiger partial charge < -0.3 is 11.1 Å². The highest BCUT2D eigenvalue weighted by Crippen LogP contribution is 2.38.